The second-order valence-electron chi connectivity index (χ2n) is 5.19. The number of para-hydroxylation sites is 1. The highest BCUT2D eigenvalue weighted by atomic mass is 32.2. The number of methoxy groups -OCH3 is 1. The largest absolute Gasteiger partial charge is 0.495 e. The minimum atomic E-state index is -3.80. The van der Waals surface area contributed by atoms with Crippen molar-refractivity contribution in [3.8, 4) is 17.0 Å². The Kier molecular flexibility index (Phi) is 4.26. The summed E-state index contributed by atoms with van der Waals surface area (Å²) in [6.07, 6.45) is 1.63. The van der Waals surface area contributed by atoms with Gasteiger partial charge >= 0.3 is 0 Å². The molecule has 0 bridgehead atoms. The van der Waals surface area contributed by atoms with E-state index in [2.05, 4.69) is 9.82 Å². The molecule has 1 N–H and O–H groups in total. The number of sulfonamides is 1. The Morgan fingerprint density at radius 1 is 1.04 bits per heavy atom. The van der Waals surface area contributed by atoms with Gasteiger partial charge in [-0.2, -0.15) is 5.10 Å². The second-order valence-corrected chi connectivity index (χ2v) is 6.84. The fourth-order valence-electron chi connectivity index (χ4n) is 2.41. The lowest BCUT2D eigenvalue weighted by Crippen LogP contribution is -2.14. The van der Waals surface area contributed by atoms with E-state index in [9.17, 15) is 8.42 Å². The Hall–Kier alpha value is -2.80. The minimum absolute atomic E-state index is 0.0790. The van der Waals surface area contributed by atoms with Crippen LogP contribution >= 0.6 is 0 Å². The van der Waals surface area contributed by atoms with Gasteiger partial charge in [-0.1, -0.05) is 42.5 Å². The van der Waals surface area contributed by atoms with E-state index in [0.29, 0.717) is 11.4 Å². The third-order valence-corrected chi connectivity index (χ3v) is 4.88. The minimum Gasteiger partial charge on any atom is -0.495 e. The molecule has 0 unspecified atom stereocenters. The van der Waals surface area contributed by atoms with Gasteiger partial charge in [0.25, 0.3) is 10.0 Å². The number of nitrogens with one attached hydrogen (secondary N) is 1. The molecule has 6 nitrogen and oxygen atoms in total. The van der Waals surface area contributed by atoms with Crippen molar-refractivity contribution >= 4 is 15.7 Å². The predicted octanol–water partition coefficient (Wildman–Crippen LogP) is 2.90. The summed E-state index contributed by atoms with van der Waals surface area (Å²) in [6.45, 7) is 0. The maximum atomic E-state index is 12.7. The van der Waals surface area contributed by atoms with Gasteiger partial charge in [0, 0.05) is 18.8 Å². The summed E-state index contributed by atoms with van der Waals surface area (Å²) in [5, 5.41) is 4.36. The fourth-order valence-corrected chi connectivity index (χ4v) is 3.64. The second kappa shape index (κ2) is 6.37. The van der Waals surface area contributed by atoms with Crippen LogP contribution in [0.15, 0.2) is 65.7 Å². The molecule has 0 aliphatic rings. The Morgan fingerprint density at radius 3 is 2.42 bits per heavy atom. The Labute approximate surface area is 140 Å². The van der Waals surface area contributed by atoms with Crippen LogP contribution in [-0.4, -0.2) is 25.3 Å². The van der Waals surface area contributed by atoms with Crippen LogP contribution in [0.2, 0.25) is 0 Å². The van der Waals surface area contributed by atoms with Crippen molar-refractivity contribution < 1.29 is 13.2 Å². The lowest BCUT2D eigenvalue weighted by atomic mass is 10.1. The molecule has 0 atom stereocenters. The zero-order valence-corrected chi connectivity index (χ0v) is 14.1. The molecular weight excluding hydrogens is 326 g/mol. The SMILES string of the molecule is COc1ccccc1S(=O)(=O)Nc1cn(C)nc1-c1ccccc1. The monoisotopic (exact) mass is 343 g/mol. The van der Waals surface area contributed by atoms with Gasteiger partial charge in [-0.3, -0.25) is 9.40 Å². The van der Waals surface area contributed by atoms with E-state index in [1.807, 2.05) is 30.3 Å². The van der Waals surface area contributed by atoms with E-state index in [1.165, 1.54) is 13.2 Å². The fraction of sp³-hybridized carbons (Fsp3) is 0.118. The van der Waals surface area contributed by atoms with E-state index in [0.717, 1.165) is 5.56 Å². The third kappa shape index (κ3) is 3.11. The molecule has 2 aromatic carbocycles. The first-order chi connectivity index (χ1) is 11.5. The molecule has 0 fully saturated rings. The summed E-state index contributed by atoms with van der Waals surface area (Å²) in [5.41, 5.74) is 1.81. The number of aromatic nitrogens is 2. The van der Waals surface area contributed by atoms with Crippen molar-refractivity contribution in [3.05, 3.63) is 60.8 Å². The molecule has 0 amide bonds. The number of hydrogen-bond donors (Lipinski definition) is 1. The normalized spacial score (nSPS) is 11.2. The number of anilines is 1. The Bertz CT molecular complexity index is 950. The molecule has 7 heteroatoms. The summed E-state index contributed by atoms with van der Waals surface area (Å²) >= 11 is 0. The standard InChI is InChI=1S/C17H17N3O3S/c1-20-12-14(17(18-20)13-8-4-3-5-9-13)19-24(21,22)16-11-7-6-10-15(16)23-2/h3-12,19H,1-2H3. The molecule has 1 heterocycles. The Morgan fingerprint density at radius 2 is 1.71 bits per heavy atom. The van der Waals surface area contributed by atoms with Crippen LogP contribution in [0.3, 0.4) is 0 Å². The predicted molar refractivity (Wildman–Crippen MR) is 92.4 cm³/mol. The summed E-state index contributed by atoms with van der Waals surface area (Å²) in [7, 11) is -0.620. The number of ether oxygens (including phenoxy) is 1. The van der Waals surface area contributed by atoms with Gasteiger partial charge in [0.2, 0.25) is 0 Å². The molecule has 24 heavy (non-hydrogen) atoms. The van der Waals surface area contributed by atoms with E-state index in [-0.39, 0.29) is 10.6 Å². The van der Waals surface area contributed by atoms with Crippen molar-refractivity contribution in [2.75, 3.05) is 11.8 Å². The summed E-state index contributed by atoms with van der Waals surface area (Å²) < 4.78 is 34.8. The van der Waals surface area contributed by atoms with Gasteiger partial charge in [0.15, 0.2) is 0 Å². The molecule has 1 aromatic heterocycles. The van der Waals surface area contributed by atoms with E-state index < -0.39 is 10.0 Å². The number of aryl methyl sites for hydroxylation is 1. The number of hydrogen-bond acceptors (Lipinski definition) is 4. The zero-order chi connectivity index (χ0) is 17.2. The van der Waals surface area contributed by atoms with Crippen molar-refractivity contribution in [2.45, 2.75) is 4.90 Å². The van der Waals surface area contributed by atoms with E-state index >= 15 is 0 Å². The van der Waals surface area contributed by atoms with E-state index in [4.69, 9.17) is 4.74 Å². The summed E-state index contributed by atoms with van der Waals surface area (Å²) in [6, 6.07) is 15.9. The highest BCUT2D eigenvalue weighted by Crippen LogP contribution is 2.30. The topological polar surface area (TPSA) is 73.2 Å². The molecule has 0 aliphatic carbocycles. The maximum Gasteiger partial charge on any atom is 0.265 e. The van der Waals surface area contributed by atoms with Crippen molar-refractivity contribution in [2.24, 2.45) is 7.05 Å². The smallest absolute Gasteiger partial charge is 0.265 e. The molecule has 3 aromatic rings. The van der Waals surface area contributed by atoms with Crippen LogP contribution in [0.4, 0.5) is 5.69 Å². The molecule has 0 radical (unpaired) electrons. The van der Waals surface area contributed by atoms with Crippen LogP contribution in [0, 0.1) is 0 Å². The molecule has 3 rings (SSSR count). The lowest BCUT2D eigenvalue weighted by Gasteiger charge is -2.11. The third-order valence-electron chi connectivity index (χ3n) is 3.48. The first kappa shape index (κ1) is 16.1. The van der Waals surface area contributed by atoms with Crippen LogP contribution in [-0.2, 0) is 17.1 Å². The number of nitrogens with zero attached hydrogens (tertiary/aromatic N) is 2. The molecule has 124 valence electrons. The van der Waals surface area contributed by atoms with Crippen LogP contribution in [0.5, 0.6) is 5.75 Å². The van der Waals surface area contributed by atoms with Gasteiger partial charge in [0.05, 0.1) is 12.8 Å². The van der Waals surface area contributed by atoms with Crippen molar-refractivity contribution in [1.29, 1.82) is 0 Å². The molecule has 0 aliphatic heterocycles. The number of benzene rings is 2. The quantitative estimate of drug-likeness (QED) is 0.773. The van der Waals surface area contributed by atoms with Gasteiger partial charge in [-0.15, -0.1) is 0 Å². The first-order valence-corrected chi connectivity index (χ1v) is 8.74. The average Bonchev–Trinajstić information content (AvgIpc) is 2.95. The van der Waals surface area contributed by atoms with Crippen LogP contribution in [0.1, 0.15) is 0 Å². The molecule has 0 spiro atoms. The molecule has 0 saturated heterocycles. The summed E-state index contributed by atoms with van der Waals surface area (Å²) in [5.74, 6) is 0.287. The van der Waals surface area contributed by atoms with Crippen molar-refractivity contribution in [1.82, 2.24) is 9.78 Å². The lowest BCUT2D eigenvalue weighted by molar-refractivity contribution is 0.403. The average molecular weight is 343 g/mol. The molecular formula is C17H17N3O3S. The highest BCUT2D eigenvalue weighted by molar-refractivity contribution is 7.92. The van der Waals surface area contributed by atoms with Crippen LogP contribution < -0.4 is 9.46 Å². The van der Waals surface area contributed by atoms with Crippen LogP contribution in [0.25, 0.3) is 11.3 Å². The maximum absolute atomic E-state index is 12.7. The van der Waals surface area contributed by atoms with Gasteiger partial charge < -0.3 is 4.74 Å². The van der Waals surface area contributed by atoms with Gasteiger partial charge in [0.1, 0.15) is 16.3 Å². The number of rotatable bonds is 5. The molecule has 0 saturated carbocycles. The van der Waals surface area contributed by atoms with Gasteiger partial charge in [-0.25, -0.2) is 8.42 Å². The first-order valence-electron chi connectivity index (χ1n) is 7.26. The van der Waals surface area contributed by atoms with Crippen molar-refractivity contribution in [3.63, 3.8) is 0 Å². The highest BCUT2D eigenvalue weighted by Gasteiger charge is 2.22. The van der Waals surface area contributed by atoms with E-state index in [1.54, 1.807) is 36.1 Å². The summed E-state index contributed by atoms with van der Waals surface area (Å²) in [4.78, 5) is 0.0790. The van der Waals surface area contributed by atoms with Gasteiger partial charge in [-0.05, 0) is 12.1 Å². The Balaban J connectivity index is 2.03. The zero-order valence-electron chi connectivity index (χ0n) is 13.3.